The van der Waals surface area contributed by atoms with Crippen molar-refractivity contribution in [1.82, 2.24) is 14.0 Å². The maximum absolute atomic E-state index is 13.0. The summed E-state index contributed by atoms with van der Waals surface area (Å²) in [4.78, 5) is 39.2. The van der Waals surface area contributed by atoms with E-state index in [9.17, 15) is 14.4 Å². The summed E-state index contributed by atoms with van der Waals surface area (Å²) >= 11 is 1.46. The van der Waals surface area contributed by atoms with E-state index in [4.69, 9.17) is 6.42 Å². The van der Waals surface area contributed by atoms with E-state index >= 15 is 0 Å². The maximum Gasteiger partial charge on any atom is 0.351 e. The van der Waals surface area contributed by atoms with Crippen LogP contribution in [-0.2, 0) is 11.3 Å². The molecule has 3 fully saturated rings. The molecule has 2 N–H and O–H groups in total. The van der Waals surface area contributed by atoms with Gasteiger partial charge in [0, 0.05) is 10.4 Å². The fourth-order valence-corrected chi connectivity index (χ4v) is 4.40. The van der Waals surface area contributed by atoms with Crippen LogP contribution in [0.25, 0.3) is 10.9 Å². The van der Waals surface area contributed by atoms with Crippen molar-refractivity contribution in [3.63, 3.8) is 0 Å². The van der Waals surface area contributed by atoms with Crippen LogP contribution in [0.1, 0.15) is 32.6 Å². The second-order valence-electron chi connectivity index (χ2n) is 8.36. The number of hydrogen-bond donors (Lipinski definition) is 2. The van der Waals surface area contributed by atoms with Gasteiger partial charge in [-0.2, -0.15) is 4.68 Å². The van der Waals surface area contributed by atoms with Crippen LogP contribution in [0.15, 0.2) is 32.7 Å². The summed E-state index contributed by atoms with van der Waals surface area (Å²) in [6, 6.07) is 5.33. The van der Waals surface area contributed by atoms with Crippen LogP contribution >= 0.6 is 11.9 Å². The summed E-state index contributed by atoms with van der Waals surface area (Å²) in [5.74, 6) is 2.61. The van der Waals surface area contributed by atoms with Crippen molar-refractivity contribution in [3.05, 3.63) is 39.0 Å². The minimum absolute atomic E-state index is 0.0159. The van der Waals surface area contributed by atoms with Crippen LogP contribution in [0.3, 0.4) is 0 Å². The molecule has 0 unspecified atom stereocenters. The zero-order valence-electron chi connectivity index (χ0n) is 15.4. The topological polar surface area (TPSA) is 85.1 Å². The predicted octanol–water partition coefficient (Wildman–Crippen LogP) is 1.43. The first-order valence-electron chi connectivity index (χ1n) is 9.35. The Bertz CT molecular complexity index is 1180. The maximum atomic E-state index is 13.0. The molecular formula is C20H20N4O3S. The van der Waals surface area contributed by atoms with E-state index in [0.29, 0.717) is 16.8 Å². The number of hydrogen-bond acceptors (Lipinski definition) is 5. The Morgan fingerprint density at radius 1 is 1.36 bits per heavy atom. The van der Waals surface area contributed by atoms with Crippen molar-refractivity contribution in [2.45, 2.75) is 49.6 Å². The molecule has 0 saturated heterocycles. The Morgan fingerprint density at radius 3 is 2.68 bits per heavy atom. The quantitative estimate of drug-likeness (QED) is 0.570. The van der Waals surface area contributed by atoms with Crippen LogP contribution in [-0.4, -0.2) is 20.7 Å². The third-order valence-corrected chi connectivity index (χ3v) is 7.21. The number of carbonyl (C=O) groups is 1. The van der Waals surface area contributed by atoms with Crippen molar-refractivity contribution in [2.75, 3.05) is 5.43 Å². The lowest BCUT2D eigenvalue weighted by Crippen LogP contribution is -2.47. The number of carbonyl (C=O) groups excluding carboxylic acids is 1. The minimum atomic E-state index is -0.623. The molecule has 3 aliphatic rings. The van der Waals surface area contributed by atoms with E-state index in [0.717, 1.165) is 35.3 Å². The molecular weight excluding hydrogens is 376 g/mol. The summed E-state index contributed by atoms with van der Waals surface area (Å²) < 4.78 is 5.56. The standard InChI is InChI=1S/C20H20N4O3S/c1-3-8-23-15-5-4-13(28-22-19(2)6-7-19)9-14(15)16(25)24(18(23)27)21-17(26)20-10-12(20)11-20/h1,4-5,9,12,22H,6-8,10-11H2,2H3,(H,21,26). The number of benzene rings is 1. The Labute approximate surface area is 165 Å². The van der Waals surface area contributed by atoms with E-state index in [2.05, 4.69) is 23.0 Å². The fourth-order valence-electron chi connectivity index (χ4n) is 3.52. The van der Waals surface area contributed by atoms with E-state index in [1.807, 2.05) is 6.07 Å². The Morgan fingerprint density at radius 2 is 2.07 bits per heavy atom. The third-order valence-electron chi connectivity index (χ3n) is 6.13. The molecule has 1 aromatic heterocycles. The average molecular weight is 396 g/mol. The van der Waals surface area contributed by atoms with E-state index in [-0.39, 0.29) is 23.4 Å². The van der Waals surface area contributed by atoms with Crippen LogP contribution < -0.4 is 21.4 Å². The molecule has 1 amide bonds. The Balaban J connectivity index is 1.57. The van der Waals surface area contributed by atoms with Gasteiger partial charge in [0.2, 0.25) is 5.91 Å². The SMILES string of the molecule is C#CCn1c(=O)n(NC(=O)C23CC2C3)c(=O)c2cc(SNC3(C)CC3)ccc21. The second-order valence-corrected chi connectivity index (χ2v) is 9.24. The molecule has 0 atom stereocenters. The average Bonchev–Trinajstić information content (AvgIpc) is 3.56. The van der Waals surface area contributed by atoms with Gasteiger partial charge in [-0.05, 0) is 68.7 Å². The third kappa shape index (κ3) is 2.69. The molecule has 0 bridgehead atoms. The van der Waals surface area contributed by atoms with Gasteiger partial charge in [-0.15, -0.1) is 6.42 Å². The Kier molecular flexibility index (Phi) is 3.61. The van der Waals surface area contributed by atoms with Gasteiger partial charge in [-0.1, -0.05) is 5.92 Å². The van der Waals surface area contributed by atoms with E-state index in [1.165, 1.54) is 16.5 Å². The molecule has 2 aromatic rings. The Hall–Kier alpha value is -2.50. The molecule has 5 rings (SSSR count). The van der Waals surface area contributed by atoms with Gasteiger partial charge in [0.25, 0.3) is 5.56 Å². The second kappa shape index (κ2) is 5.75. The van der Waals surface area contributed by atoms with Gasteiger partial charge in [-0.3, -0.25) is 24.3 Å². The molecule has 3 aliphatic carbocycles. The monoisotopic (exact) mass is 396 g/mol. The minimum Gasteiger partial charge on any atom is -0.280 e. The fraction of sp³-hybridized carbons (Fsp3) is 0.450. The summed E-state index contributed by atoms with van der Waals surface area (Å²) in [6.07, 6.45) is 9.35. The molecule has 144 valence electrons. The lowest BCUT2D eigenvalue weighted by atomic mass is 10.2. The number of fused-ring (bicyclic) bond motifs is 2. The van der Waals surface area contributed by atoms with Crippen LogP contribution in [0.4, 0.5) is 0 Å². The summed E-state index contributed by atoms with van der Waals surface area (Å²) in [6.45, 7) is 2.17. The number of nitrogens with zero attached hydrogens (tertiary/aromatic N) is 2. The molecule has 0 radical (unpaired) electrons. The van der Waals surface area contributed by atoms with Crippen molar-refractivity contribution < 1.29 is 4.79 Å². The molecule has 1 aromatic carbocycles. The van der Waals surface area contributed by atoms with E-state index in [1.54, 1.807) is 12.1 Å². The summed E-state index contributed by atoms with van der Waals surface area (Å²) in [5.41, 5.74) is 1.64. The van der Waals surface area contributed by atoms with Crippen LogP contribution in [0, 0.1) is 23.7 Å². The van der Waals surface area contributed by atoms with Crippen molar-refractivity contribution in [1.29, 1.82) is 0 Å². The molecule has 3 saturated carbocycles. The molecule has 1 heterocycles. The molecule has 8 heteroatoms. The highest BCUT2D eigenvalue weighted by atomic mass is 32.2. The highest BCUT2D eigenvalue weighted by molar-refractivity contribution is 7.97. The lowest BCUT2D eigenvalue weighted by molar-refractivity contribution is -0.120. The largest absolute Gasteiger partial charge is 0.351 e. The first-order valence-corrected chi connectivity index (χ1v) is 10.2. The van der Waals surface area contributed by atoms with Gasteiger partial charge in [0.1, 0.15) is 0 Å². The molecule has 28 heavy (non-hydrogen) atoms. The normalized spacial score (nSPS) is 25.6. The highest BCUT2D eigenvalue weighted by Gasteiger charge is 2.74. The van der Waals surface area contributed by atoms with Gasteiger partial charge < -0.3 is 0 Å². The van der Waals surface area contributed by atoms with Crippen molar-refractivity contribution in [3.8, 4) is 12.3 Å². The number of terminal acetylenes is 1. The number of aromatic nitrogens is 2. The van der Waals surface area contributed by atoms with Gasteiger partial charge in [-0.25, -0.2) is 4.79 Å². The summed E-state index contributed by atoms with van der Waals surface area (Å²) in [5, 5.41) is 0.351. The lowest BCUT2D eigenvalue weighted by Gasteiger charge is -2.15. The van der Waals surface area contributed by atoms with E-state index < -0.39 is 11.2 Å². The van der Waals surface area contributed by atoms with Crippen molar-refractivity contribution in [2.24, 2.45) is 11.3 Å². The first-order chi connectivity index (χ1) is 13.4. The molecule has 0 aliphatic heterocycles. The summed E-state index contributed by atoms with van der Waals surface area (Å²) in [7, 11) is 0. The zero-order chi connectivity index (χ0) is 19.7. The zero-order valence-corrected chi connectivity index (χ0v) is 16.3. The molecule has 0 spiro atoms. The van der Waals surface area contributed by atoms with Crippen LogP contribution in [0.2, 0.25) is 0 Å². The number of rotatable bonds is 6. The van der Waals surface area contributed by atoms with Gasteiger partial charge in [0.15, 0.2) is 0 Å². The molecule has 7 nitrogen and oxygen atoms in total. The number of amides is 1. The highest BCUT2D eigenvalue weighted by Crippen LogP contribution is 2.75. The van der Waals surface area contributed by atoms with Gasteiger partial charge in [0.05, 0.1) is 22.9 Å². The van der Waals surface area contributed by atoms with Crippen molar-refractivity contribution >= 4 is 28.8 Å². The van der Waals surface area contributed by atoms with Gasteiger partial charge >= 0.3 is 5.69 Å². The smallest absolute Gasteiger partial charge is 0.280 e. The van der Waals surface area contributed by atoms with Crippen LogP contribution in [0.5, 0.6) is 0 Å². The predicted molar refractivity (Wildman–Crippen MR) is 107 cm³/mol. The number of nitrogens with one attached hydrogen (secondary N) is 2. The first kappa shape index (κ1) is 17.6.